The second-order valence-electron chi connectivity index (χ2n) is 22.0. The molecule has 624 valence electrons. The van der Waals surface area contributed by atoms with Crippen molar-refractivity contribution < 1.29 is 92.8 Å². The number of hydrogen-bond donors (Lipinski definition) is 14. The summed E-state index contributed by atoms with van der Waals surface area (Å²) < 4.78 is 22.4. The van der Waals surface area contributed by atoms with Gasteiger partial charge in [0.25, 0.3) is 0 Å². The number of anilines is 6. The van der Waals surface area contributed by atoms with Crippen LogP contribution in [0, 0.1) is 0 Å². The van der Waals surface area contributed by atoms with Gasteiger partial charge in [0.1, 0.15) is 67.1 Å². The third-order valence-electron chi connectivity index (χ3n) is 13.2. The Hall–Kier alpha value is -11.5. The molecule has 1 unspecified atom stereocenters. The highest BCUT2D eigenvalue weighted by molar-refractivity contribution is 7.54. The zero-order chi connectivity index (χ0) is 85.7. The number of hydrogen-bond acceptors (Lipinski definition) is 40. The number of likely N-dealkylation sites (N-methyl/N-ethyl adjacent to an activating group) is 1. The summed E-state index contributed by atoms with van der Waals surface area (Å²) in [7, 11) is -2.87. The molecule has 19 N–H and O–H groups in total. The van der Waals surface area contributed by atoms with Crippen molar-refractivity contribution in [3.05, 3.63) is 116 Å². The van der Waals surface area contributed by atoms with E-state index in [1.54, 1.807) is 92.0 Å². The number of amides is 4. The van der Waals surface area contributed by atoms with E-state index in [0.717, 1.165) is 56.4 Å². The third kappa shape index (κ3) is 39.6. The molecule has 1 fully saturated rings. The largest absolute Gasteiger partial charge is 0.508 e. The number of piperazine rings is 1. The lowest BCUT2D eigenvalue weighted by Gasteiger charge is -2.32. The number of benzene rings is 2. The van der Waals surface area contributed by atoms with E-state index in [-0.39, 0.29) is 55.4 Å². The molecule has 6 aromatic heterocycles. The van der Waals surface area contributed by atoms with E-state index in [1.165, 1.54) is 89.7 Å². The van der Waals surface area contributed by atoms with E-state index in [0.29, 0.717) is 103 Å². The lowest BCUT2D eigenvalue weighted by atomic mass is 10.0. The number of nitrogens with one attached hydrogen (secondary N) is 2. The molecule has 0 radical (unpaired) electrons. The molecule has 0 saturated carbocycles. The van der Waals surface area contributed by atoms with Gasteiger partial charge in [0.2, 0.25) is 10.7 Å². The van der Waals surface area contributed by atoms with Crippen LogP contribution in [-0.2, 0) is 52.7 Å². The molecule has 114 heavy (non-hydrogen) atoms. The average Bonchev–Trinajstić information content (AvgIpc) is 1.26. The Bertz CT molecular complexity index is 4490. The van der Waals surface area contributed by atoms with Crippen LogP contribution < -0.4 is 39.1 Å². The summed E-state index contributed by atoms with van der Waals surface area (Å²) in [5, 5.41) is 71.5. The number of nitrogens with two attached hydrogens (primary N) is 5. The van der Waals surface area contributed by atoms with Crippen LogP contribution in [0.1, 0.15) is 162 Å². The minimum absolute atomic E-state index is 0. The summed E-state index contributed by atoms with van der Waals surface area (Å²) in [6, 6.07) is 11.6. The number of aliphatic imine (C=N–C) groups is 1. The molecule has 9 rings (SSSR count). The number of carboxylic acid groups (broad SMARTS) is 2. The highest BCUT2D eigenvalue weighted by atomic mass is 32.1. The number of aromatic nitrogens is 9. The Kier molecular flexibility index (Phi) is 48.1. The molecule has 0 bridgehead atoms. The predicted molar refractivity (Wildman–Crippen MR) is 439 cm³/mol. The molecular formula is C65H94N23O19PS6. The highest BCUT2D eigenvalue weighted by Gasteiger charge is 2.36. The van der Waals surface area contributed by atoms with Crippen LogP contribution in [0.15, 0.2) is 96.4 Å². The molecule has 4 amide bonds. The number of aliphatic hydroxyl groups is 1. The van der Waals surface area contributed by atoms with E-state index in [1.807, 2.05) is 42.7 Å². The monoisotopic (exact) mass is 1720 g/mol. The Labute approximate surface area is 680 Å². The number of urea groups is 1. The van der Waals surface area contributed by atoms with Gasteiger partial charge in [0, 0.05) is 70.4 Å². The minimum Gasteiger partial charge on any atom is -0.508 e. The zero-order valence-corrected chi connectivity index (χ0v) is 69.6. The van der Waals surface area contributed by atoms with Crippen molar-refractivity contribution in [2.75, 3.05) is 80.4 Å². The van der Waals surface area contributed by atoms with Crippen molar-refractivity contribution in [3.8, 4) is 11.5 Å². The van der Waals surface area contributed by atoms with Crippen molar-refractivity contribution >= 4 is 177 Å². The lowest BCUT2D eigenvalue weighted by molar-refractivity contribution is -0.191. The quantitative estimate of drug-likeness (QED) is 0.0131. The molecule has 49 heteroatoms. The maximum atomic E-state index is 12.2. The summed E-state index contributed by atoms with van der Waals surface area (Å²) in [6.07, 6.45) is 2.27. The third-order valence-corrected chi connectivity index (χ3v) is 17.6. The Morgan fingerprint density at radius 2 is 1.07 bits per heavy atom. The molecule has 42 nitrogen and oxygen atoms in total. The predicted octanol–water partition coefficient (Wildman–Crippen LogP) is 8.62. The molecule has 1 aliphatic heterocycles. The van der Waals surface area contributed by atoms with Crippen LogP contribution in [0.5, 0.6) is 11.5 Å². The number of nitrogens with zero attached hydrogens (tertiary/aromatic N) is 16. The van der Waals surface area contributed by atoms with Gasteiger partial charge >= 0.3 is 43.7 Å². The number of nitrogen functional groups attached to an aromatic ring is 5. The Balaban J connectivity index is 0.00000129. The SMILES string of the molecule is C.C/C(=N\OC(C)(C)C(=O)O)c1csc(N)n1.C/C=C(\C)c1csc(N)n1.CC(=NCO)c1csc(N)n1.CC(C(=O)O)c1ccc(O)cc1.CCN1CCN(C(=O)N[C@H](C)c2ccc(O)cc2)C(=O)C1=O.CCO/N=C(/C)c1nsc(NP(=O)(O)O)n1.CCO/N=C(\C)c1nsc(N)n1.CO/N=C(\C)c1nsc(N)n1.O=C=O. The fraction of sp³-hybridized carbons (Fsp3) is 0.385. The number of oxime groups is 4. The van der Waals surface area contributed by atoms with Crippen LogP contribution in [-0.4, -0.2) is 205 Å². The van der Waals surface area contributed by atoms with E-state index in [2.05, 4.69) is 78.8 Å². The molecule has 1 saturated heterocycles. The summed E-state index contributed by atoms with van der Waals surface area (Å²) in [5.41, 5.74) is 33.6. The number of aliphatic hydroxyl groups excluding tert-OH is 1. The molecule has 2 aromatic carbocycles. The van der Waals surface area contributed by atoms with Crippen LogP contribution in [0.4, 0.5) is 35.6 Å². The van der Waals surface area contributed by atoms with Crippen LogP contribution >= 0.6 is 76.4 Å². The first kappa shape index (κ1) is 103. The highest BCUT2D eigenvalue weighted by Crippen LogP contribution is 2.36. The van der Waals surface area contributed by atoms with Gasteiger partial charge in [-0.3, -0.25) is 29.4 Å². The standard InChI is InChI=1S/C15H19N3O4.C9H13N3O3S.C9H10O3.C7H10N2S.C6H11N4O4PS.C6H10N4OS.C6H9N3OS.C5H8N4OS.CO2.CH4/c1-3-17-8-9-18(14(21)13(17)20)15(22)16-10(2)11-4-6-12(19)7-5-11;1-5(6-4-16-8(10)11-6)12-15-9(2,3)7(13)14;1-6(9(11)12)7-2-4-8(10)5-3-7;1-3-5(2)6-4-10-7(8)9-6;1-3-14-8-4(2)5-7-6(16-10-5)9-15(11,12)13;1-3-11-9-4(2)5-8-6(7)12-10-5;1-4(8-3-10)5-2-11-6(7)9-5;1-3(8-10-2)4-7-5(6)11-9-4;2-1-3;/h4-7,10,19H,3,8-9H2,1-2H3,(H,16,22);4H,1-3H3,(H2,10,11)(H,13,14);2-6,10H,1H3,(H,11,12);3-4H,1-2H3,(H2,8,9);3H2,1-2H3,(H3,7,9,10,11,12,13);3H2,1-2H3,(H2,7,8,10);2,10H,3H2,1H3,(H2,7,9);1-2H3,(H2,6,7,9);;1H4/b;12-5+;;5-3+;8-4-;9-4+;;8-3+;;/t10-;;;;;;;;;/m1........./s1. The van der Waals surface area contributed by atoms with E-state index >= 15 is 0 Å². The first-order valence-electron chi connectivity index (χ1n) is 32.5. The maximum Gasteiger partial charge on any atom is 0.429 e. The van der Waals surface area contributed by atoms with Gasteiger partial charge in [0.15, 0.2) is 43.1 Å². The first-order valence-corrected chi connectivity index (χ1v) is 39.1. The minimum atomic E-state index is -4.34. The van der Waals surface area contributed by atoms with Gasteiger partial charge in [-0.05, 0) is 138 Å². The van der Waals surface area contributed by atoms with Gasteiger partial charge in [-0.25, -0.2) is 29.1 Å². The topological polar surface area (TPSA) is 654 Å². The van der Waals surface area contributed by atoms with Gasteiger partial charge in [-0.15, -0.1) is 34.0 Å². The molecule has 7 heterocycles. The number of rotatable bonds is 22. The number of allylic oxidation sites excluding steroid dienone is 2. The fourth-order valence-corrected chi connectivity index (χ4v) is 11.1. The van der Waals surface area contributed by atoms with Gasteiger partial charge in [0.05, 0.1) is 29.1 Å². The van der Waals surface area contributed by atoms with Crippen LogP contribution in [0.2, 0.25) is 0 Å². The summed E-state index contributed by atoms with van der Waals surface area (Å²) in [4.78, 5) is 140. The van der Waals surface area contributed by atoms with Crippen LogP contribution in [0.3, 0.4) is 0 Å². The van der Waals surface area contributed by atoms with E-state index in [9.17, 15) is 33.6 Å². The summed E-state index contributed by atoms with van der Waals surface area (Å²) >= 11 is 7.25. The molecule has 0 aliphatic carbocycles. The normalized spacial score (nSPS) is 12.7. The van der Waals surface area contributed by atoms with Crippen molar-refractivity contribution in [2.45, 2.75) is 122 Å². The second-order valence-corrected chi connectivity index (χ2v) is 28.3. The molecule has 0 spiro atoms. The molecular weight excluding hydrogens is 1630 g/mol. The van der Waals surface area contributed by atoms with Gasteiger partial charge in [-0.2, -0.15) is 37.7 Å². The average molecular weight is 1720 g/mol. The first-order chi connectivity index (χ1) is 53.2. The van der Waals surface area contributed by atoms with Crippen molar-refractivity contribution in [1.29, 1.82) is 0 Å². The zero-order valence-electron chi connectivity index (χ0n) is 63.8. The molecule has 8 aromatic rings. The molecule has 1 aliphatic rings. The van der Waals surface area contributed by atoms with Crippen molar-refractivity contribution in [1.82, 2.24) is 58.1 Å². The lowest BCUT2D eigenvalue weighted by Crippen LogP contribution is -2.58. The van der Waals surface area contributed by atoms with Gasteiger partial charge in [-0.1, -0.05) is 58.4 Å². The van der Waals surface area contributed by atoms with Crippen LogP contribution in [0.25, 0.3) is 5.57 Å². The Morgan fingerprint density at radius 3 is 1.45 bits per heavy atom. The number of aromatic hydroxyl groups is 2. The van der Waals surface area contributed by atoms with E-state index in [4.69, 9.17) is 83.0 Å². The van der Waals surface area contributed by atoms with Gasteiger partial charge < -0.3 is 93.6 Å². The van der Waals surface area contributed by atoms with E-state index < -0.39 is 49.0 Å². The number of aliphatic carboxylic acids is 2. The van der Waals surface area contributed by atoms with Crippen molar-refractivity contribution in [3.63, 3.8) is 0 Å². The summed E-state index contributed by atoms with van der Waals surface area (Å²) in [5.74, 6) is -2.30. The second kappa shape index (κ2) is 53.5. The smallest absolute Gasteiger partial charge is 0.429 e. The number of carbonyl (C=O) groups is 5. The number of thiazole rings is 3. The molecule has 2 atom stereocenters. The number of phenols is 2. The number of carbonyl (C=O) groups excluding carboxylic acids is 5. The Morgan fingerprint density at radius 1 is 0.640 bits per heavy atom. The van der Waals surface area contributed by atoms with Crippen molar-refractivity contribution in [2.24, 2.45) is 25.6 Å². The number of carboxylic acids is 2. The summed E-state index contributed by atoms with van der Waals surface area (Å²) in [6.45, 7) is 26.0. The number of phenolic OH excluding ortho intramolecular Hbond substituents is 2. The number of imide groups is 1. The fourth-order valence-electron chi connectivity index (χ4n) is 7.05. The maximum absolute atomic E-state index is 12.2.